The molecule has 0 saturated carbocycles. The number of aliphatic hydroxyl groups is 1. The van der Waals surface area contributed by atoms with Crippen LogP contribution in [0.2, 0.25) is 0 Å². The number of Topliss-reactive ketones (excluding diaryl/α,β-unsaturated/α-hetero) is 1. The van der Waals surface area contributed by atoms with Crippen LogP contribution in [0.15, 0.2) is 0 Å². The van der Waals surface area contributed by atoms with Gasteiger partial charge in [0.2, 0.25) is 0 Å². The van der Waals surface area contributed by atoms with Gasteiger partial charge in [0.15, 0.2) is 0 Å². The van der Waals surface area contributed by atoms with Gasteiger partial charge in [-0.15, -0.1) is 0 Å². The fourth-order valence-electron chi connectivity index (χ4n) is 0.876. The number of carbonyl (C=O) groups excluding carboxylic acids is 1. The second-order valence-electron chi connectivity index (χ2n) is 4.11. The summed E-state index contributed by atoms with van der Waals surface area (Å²) in [5.41, 5.74) is -0.239. The predicted octanol–water partition coefficient (Wildman–Crippen LogP) is 1.39. The highest BCUT2D eigenvalue weighted by atomic mass is 16.5. The fourth-order valence-corrected chi connectivity index (χ4v) is 0.876. The number of rotatable bonds is 6. The lowest BCUT2D eigenvalue weighted by Gasteiger charge is -2.15. The monoisotopic (exact) mass is 188 g/mol. The van der Waals surface area contributed by atoms with Crippen LogP contribution in [0.5, 0.6) is 0 Å². The lowest BCUT2D eigenvalue weighted by atomic mass is 9.88. The summed E-state index contributed by atoms with van der Waals surface area (Å²) in [6.45, 7) is 6.73. The number of aliphatic hydroxyl groups excluding tert-OH is 1. The molecular formula is C10H20O3. The van der Waals surface area contributed by atoms with Crippen molar-refractivity contribution in [2.75, 3.05) is 19.8 Å². The van der Waals surface area contributed by atoms with Crippen LogP contribution in [-0.4, -0.2) is 30.7 Å². The van der Waals surface area contributed by atoms with E-state index in [1.807, 2.05) is 20.8 Å². The van der Waals surface area contributed by atoms with Gasteiger partial charge in [0.25, 0.3) is 0 Å². The maximum atomic E-state index is 11.4. The van der Waals surface area contributed by atoms with Gasteiger partial charge < -0.3 is 9.84 Å². The minimum Gasteiger partial charge on any atom is -0.394 e. The van der Waals surface area contributed by atoms with Crippen molar-refractivity contribution in [2.24, 2.45) is 5.41 Å². The zero-order valence-corrected chi connectivity index (χ0v) is 8.80. The van der Waals surface area contributed by atoms with Crippen molar-refractivity contribution >= 4 is 5.78 Å². The smallest absolute Gasteiger partial charge is 0.138 e. The third kappa shape index (κ3) is 6.72. The molecule has 13 heavy (non-hydrogen) atoms. The van der Waals surface area contributed by atoms with Gasteiger partial charge in [-0.05, 0) is 6.42 Å². The molecule has 0 radical (unpaired) electrons. The summed E-state index contributed by atoms with van der Waals surface area (Å²) in [7, 11) is 0. The van der Waals surface area contributed by atoms with Crippen molar-refractivity contribution in [1.82, 2.24) is 0 Å². The van der Waals surface area contributed by atoms with Crippen LogP contribution in [0.4, 0.5) is 0 Å². The highest BCUT2D eigenvalue weighted by molar-refractivity contribution is 5.83. The number of carbonyl (C=O) groups is 1. The van der Waals surface area contributed by atoms with Crippen LogP contribution in [0, 0.1) is 5.41 Å². The van der Waals surface area contributed by atoms with Crippen LogP contribution in [-0.2, 0) is 9.53 Å². The molecule has 0 saturated heterocycles. The molecule has 0 aliphatic rings. The van der Waals surface area contributed by atoms with Gasteiger partial charge in [0, 0.05) is 18.4 Å². The average Bonchev–Trinajstić information content (AvgIpc) is 2.02. The molecule has 78 valence electrons. The van der Waals surface area contributed by atoms with Crippen molar-refractivity contribution in [2.45, 2.75) is 33.6 Å². The first kappa shape index (κ1) is 12.6. The molecule has 0 bridgehead atoms. The Morgan fingerprint density at radius 3 is 2.38 bits per heavy atom. The second-order valence-corrected chi connectivity index (χ2v) is 4.11. The molecule has 0 heterocycles. The summed E-state index contributed by atoms with van der Waals surface area (Å²) >= 11 is 0. The number of hydrogen-bond donors (Lipinski definition) is 1. The molecule has 0 amide bonds. The molecule has 0 fully saturated rings. The largest absolute Gasteiger partial charge is 0.394 e. The van der Waals surface area contributed by atoms with Crippen LogP contribution in [0.25, 0.3) is 0 Å². The molecule has 0 aromatic rings. The number of hydrogen-bond acceptors (Lipinski definition) is 3. The van der Waals surface area contributed by atoms with Gasteiger partial charge in [-0.25, -0.2) is 0 Å². The first-order chi connectivity index (χ1) is 5.98. The molecular weight excluding hydrogens is 168 g/mol. The molecule has 3 nitrogen and oxygen atoms in total. The zero-order valence-electron chi connectivity index (χ0n) is 8.80. The van der Waals surface area contributed by atoms with Crippen molar-refractivity contribution in [3.8, 4) is 0 Å². The minimum absolute atomic E-state index is 0.0488. The van der Waals surface area contributed by atoms with Gasteiger partial charge in [0.05, 0.1) is 13.2 Å². The maximum absolute atomic E-state index is 11.4. The Balaban J connectivity index is 3.38. The molecule has 0 spiro atoms. The maximum Gasteiger partial charge on any atom is 0.138 e. The molecule has 0 rings (SSSR count). The standard InChI is InChI=1S/C10H20O3/c1-10(2,3)9(12)5-4-7-13-8-6-11/h11H,4-8H2,1-3H3. The summed E-state index contributed by atoms with van der Waals surface area (Å²) in [6.07, 6.45) is 1.31. The molecule has 0 unspecified atom stereocenters. The Hall–Kier alpha value is -0.410. The Kier molecular flexibility index (Phi) is 5.91. The van der Waals surface area contributed by atoms with Crippen molar-refractivity contribution < 1.29 is 14.6 Å². The van der Waals surface area contributed by atoms with Gasteiger partial charge in [-0.3, -0.25) is 4.79 Å². The molecule has 0 aliphatic heterocycles. The Labute approximate surface area is 80.1 Å². The first-order valence-corrected chi connectivity index (χ1v) is 4.70. The van der Waals surface area contributed by atoms with Gasteiger partial charge in [-0.1, -0.05) is 20.8 Å². The lowest BCUT2D eigenvalue weighted by molar-refractivity contribution is -0.126. The molecule has 0 aromatic carbocycles. The van der Waals surface area contributed by atoms with Crippen molar-refractivity contribution in [3.63, 3.8) is 0 Å². The highest BCUT2D eigenvalue weighted by Crippen LogP contribution is 2.17. The van der Waals surface area contributed by atoms with E-state index in [0.29, 0.717) is 19.6 Å². The molecule has 0 aromatic heterocycles. The van der Waals surface area contributed by atoms with E-state index >= 15 is 0 Å². The third-order valence-corrected chi connectivity index (χ3v) is 1.76. The topological polar surface area (TPSA) is 46.5 Å². The summed E-state index contributed by atoms with van der Waals surface area (Å²) < 4.78 is 5.04. The lowest BCUT2D eigenvalue weighted by Crippen LogP contribution is -2.20. The van der Waals surface area contributed by atoms with E-state index in [0.717, 1.165) is 6.42 Å². The first-order valence-electron chi connectivity index (χ1n) is 4.70. The van der Waals surface area contributed by atoms with Crippen molar-refractivity contribution in [3.05, 3.63) is 0 Å². The van der Waals surface area contributed by atoms with Crippen LogP contribution < -0.4 is 0 Å². The minimum atomic E-state index is -0.239. The van der Waals surface area contributed by atoms with Crippen LogP contribution in [0.3, 0.4) is 0 Å². The second kappa shape index (κ2) is 6.11. The Morgan fingerprint density at radius 2 is 1.92 bits per heavy atom. The van der Waals surface area contributed by atoms with E-state index in [-0.39, 0.29) is 17.8 Å². The zero-order chi connectivity index (χ0) is 10.3. The Morgan fingerprint density at radius 1 is 1.31 bits per heavy atom. The summed E-state index contributed by atoms with van der Waals surface area (Å²) in [4.78, 5) is 11.4. The molecule has 3 heteroatoms. The molecule has 1 N–H and O–H groups in total. The molecule has 0 aliphatic carbocycles. The van der Waals surface area contributed by atoms with E-state index < -0.39 is 0 Å². The van der Waals surface area contributed by atoms with E-state index in [1.165, 1.54) is 0 Å². The fraction of sp³-hybridized carbons (Fsp3) is 0.900. The van der Waals surface area contributed by atoms with E-state index in [2.05, 4.69) is 0 Å². The summed E-state index contributed by atoms with van der Waals surface area (Å²) in [5.74, 6) is 0.264. The Bertz CT molecular complexity index is 147. The van der Waals surface area contributed by atoms with E-state index in [4.69, 9.17) is 9.84 Å². The number of ketones is 1. The SMILES string of the molecule is CC(C)(C)C(=O)CCCOCCO. The number of ether oxygens (including phenoxy) is 1. The van der Waals surface area contributed by atoms with Gasteiger partial charge in [-0.2, -0.15) is 0 Å². The van der Waals surface area contributed by atoms with Crippen LogP contribution in [0.1, 0.15) is 33.6 Å². The summed E-state index contributed by atoms with van der Waals surface area (Å²) in [6, 6.07) is 0. The third-order valence-electron chi connectivity index (χ3n) is 1.76. The normalized spacial score (nSPS) is 11.7. The van der Waals surface area contributed by atoms with Crippen LogP contribution >= 0.6 is 0 Å². The van der Waals surface area contributed by atoms with Gasteiger partial charge >= 0.3 is 0 Å². The highest BCUT2D eigenvalue weighted by Gasteiger charge is 2.19. The average molecular weight is 188 g/mol. The quantitative estimate of drug-likeness (QED) is 0.641. The summed E-state index contributed by atoms with van der Waals surface area (Å²) in [5, 5.41) is 8.41. The predicted molar refractivity (Wildman–Crippen MR) is 51.6 cm³/mol. The van der Waals surface area contributed by atoms with E-state index in [9.17, 15) is 4.79 Å². The van der Waals surface area contributed by atoms with E-state index in [1.54, 1.807) is 0 Å². The molecule has 0 atom stereocenters. The van der Waals surface area contributed by atoms with Crippen molar-refractivity contribution in [1.29, 1.82) is 0 Å². The van der Waals surface area contributed by atoms with Gasteiger partial charge in [0.1, 0.15) is 5.78 Å².